The lowest BCUT2D eigenvalue weighted by atomic mass is 10.1. The molecular formula is C15H14O. The molecule has 0 aliphatic carbocycles. The van der Waals surface area contributed by atoms with Gasteiger partial charge >= 0.3 is 0 Å². The second-order valence-electron chi connectivity index (χ2n) is 3.63. The van der Waals surface area contributed by atoms with Crippen molar-refractivity contribution in [3.05, 3.63) is 77.9 Å². The summed E-state index contributed by atoms with van der Waals surface area (Å²) in [6.07, 6.45) is 3.18. The van der Waals surface area contributed by atoms with E-state index in [2.05, 4.69) is 0 Å². The lowest BCUT2D eigenvalue weighted by molar-refractivity contribution is 0.229. The summed E-state index contributed by atoms with van der Waals surface area (Å²) in [7, 11) is 0. The minimum atomic E-state index is -0.540. The summed E-state index contributed by atoms with van der Waals surface area (Å²) in [6.45, 7) is 0. The van der Waals surface area contributed by atoms with Crippen molar-refractivity contribution in [2.45, 2.75) is 6.10 Å². The third-order valence-corrected chi connectivity index (χ3v) is 2.41. The van der Waals surface area contributed by atoms with Crippen LogP contribution in [0.4, 0.5) is 0 Å². The third-order valence-electron chi connectivity index (χ3n) is 2.41. The Labute approximate surface area is 95.7 Å². The largest absolute Gasteiger partial charge is 0.384 e. The lowest BCUT2D eigenvalue weighted by Crippen LogP contribution is -1.91. The van der Waals surface area contributed by atoms with Crippen molar-refractivity contribution in [2.24, 2.45) is 0 Å². The van der Waals surface area contributed by atoms with Gasteiger partial charge < -0.3 is 5.11 Å². The van der Waals surface area contributed by atoms with E-state index in [9.17, 15) is 5.11 Å². The molecule has 0 saturated heterocycles. The summed E-state index contributed by atoms with van der Waals surface area (Å²) in [5.41, 5.74) is 2.01. The second kappa shape index (κ2) is 5.29. The van der Waals surface area contributed by atoms with Gasteiger partial charge in [-0.25, -0.2) is 0 Å². The molecule has 1 nitrogen and oxygen atoms in total. The van der Waals surface area contributed by atoms with Crippen molar-refractivity contribution in [3.8, 4) is 0 Å². The highest BCUT2D eigenvalue weighted by Crippen LogP contribution is 2.14. The highest BCUT2D eigenvalue weighted by Gasteiger charge is 2.00. The first-order chi connectivity index (χ1) is 7.86. The van der Waals surface area contributed by atoms with Crippen molar-refractivity contribution in [1.82, 2.24) is 0 Å². The number of aliphatic hydroxyl groups is 1. The normalized spacial score (nSPS) is 12.8. The second-order valence-corrected chi connectivity index (χ2v) is 3.63. The van der Waals surface area contributed by atoms with Crippen LogP contribution < -0.4 is 0 Å². The maximum absolute atomic E-state index is 9.90. The molecule has 2 rings (SSSR count). The van der Waals surface area contributed by atoms with Gasteiger partial charge in [-0.3, -0.25) is 0 Å². The number of aliphatic hydroxyl groups excluding tert-OH is 1. The average molecular weight is 210 g/mol. The molecule has 80 valence electrons. The van der Waals surface area contributed by atoms with E-state index in [1.807, 2.05) is 66.7 Å². The number of hydrogen-bond acceptors (Lipinski definition) is 1. The molecule has 1 unspecified atom stereocenters. The zero-order valence-electron chi connectivity index (χ0n) is 8.95. The molecule has 0 fully saturated rings. The van der Waals surface area contributed by atoms with Gasteiger partial charge in [0.25, 0.3) is 0 Å². The zero-order valence-corrected chi connectivity index (χ0v) is 8.95. The smallest absolute Gasteiger partial charge is 0.0975 e. The molecule has 16 heavy (non-hydrogen) atoms. The predicted octanol–water partition coefficient (Wildman–Crippen LogP) is 3.43. The summed E-state index contributed by atoms with van der Waals surface area (Å²) in [5.74, 6) is 0. The monoisotopic (exact) mass is 210 g/mol. The summed E-state index contributed by atoms with van der Waals surface area (Å²) < 4.78 is 0. The van der Waals surface area contributed by atoms with Gasteiger partial charge in [0.05, 0.1) is 6.10 Å². The van der Waals surface area contributed by atoms with Gasteiger partial charge in [-0.15, -0.1) is 0 Å². The van der Waals surface area contributed by atoms with E-state index in [4.69, 9.17) is 0 Å². The lowest BCUT2D eigenvalue weighted by Gasteiger charge is -2.04. The van der Waals surface area contributed by atoms with E-state index in [-0.39, 0.29) is 0 Å². The van der Waals surface area contributed by atoms with Crippen LogP contribution in [0.25, 0.3) is 6.08 Å². The maximum Gasteiger partial charge on any atom is 0.0975 e. The topological polar surface area (TPSA) is 20.2 Å². The van der Waals surface area contributed by atoms with Gasteiger partial charge in [-0.05, 0) is 11.1 Å². The van der Waals surface area contributed by atoms with Crippen molar-refractivity contribution in [2.75, 3.05) is 0 Å². The SMILES string of the molecule is OC(/C=C/c1ccccc1)c1ccccc1. The fraction of sp³-hybridized carbons (Fsp3) is 0.0667. The Morgan fingerprint density at radius 3 is 2.00 bits per heavy atom. The standard InChI is InChI=1S/C15H14O/c16-15(14-9-5-2-6-10-14)12-11-13-7-3-1-4-8-13/h1-12,15-16H/b12-11+. The summed E-state index contributed by atoms with van der Waals surface area (Å²) >= 11 is 0. The van der Waals surface area contributed by atoms with Gasteiger partial charge in [-0.2, -0.15) is 0 Å². The van der Waals surface area contributed by atoms with Gasteiger partial charge in [-0.1, -0.05) is 72.8 Å². The molecule has 0 aliphatic heterocycles. The van der Waals surface area contributed by atoms with Crippen LogP contribution in [0.1, 0.15) is 17.2 Å². The minimum Gasteiger partial charge on any atom is -0.384 e. The Balaban J connectivity index is 2.08. The van der Waals surface area contributed by atoms with Crippen LogP contribution in [0.3, 0.4) is 0 Å². The highest BCUT2D eigenvalue weighted by molar-refractivity contribution is 5.49. The van der Waals surface area contributed by atoms with Crippen LogP contribution in [0, 0.1) is 0 Å². The van der Waals surface area contributed by atoms with Crippen LogP contribution in [0.15, 0.2) is 66.7 Å². The molecule has 0 amide bonds. The van der Waals surface area contributed by atoms with Gasteiger partial charge in [0, 0.05) is 0 Å². The fourth-order valence-corrected chi connectivity index (χ4v) is 1.53. The molecule has 2 aromatic rings. The Morgan fingerprint density at radius 1 is 0.812 bits per heavy atom. The van der Waals surface area contributed by atoms with Gasteiger partial charge in [0.15, 0.2) is 0 Å². The Hall–Kier alpha value is -1.86. The number of benzene rings is 2. The minimum absolute atomic E-state index is 0.540. The molecule has 0 radical (unpaired) electrons. The summed E-state index contributed by atoms with van der Waals surface area (Å²) in [6, 6.07) is 19.6. The summed E-state index contributed by atoms with van der Waals surface area (Å²) in [5, 5.41) is 9.90. The van der Waals surface area contributed by atoms with Gasteiger partial charge in [0.1, 0.15) is 0 Å². The van der Waals surface area contributed by atoms with Gasteiger partial charge in [0.2, 0.25) is 0 Å². The first-order valence-electron chi connectivity index (χ1n) is 5.32. The quantitative estimate of drug-likeness (QED) is 0.822. The fourth-order valence-electron chi connectivity index (χ4n) is 1.53. The first kappa shape index (κ1) is 10.7. The zero-order chi connectivity index (χ0) is 11.2. The Morgan fingerprint density at radius 2 is 1.38 bits per heavy atom. The molecule has 2 aromatic carbocycles. The Bertz CT molecular complexity index is 445. The first-order valence-corrected chi connectivity index (χ1v) is 5.32. The molecular weight excluding hydrogens is 196 g/mol. The summed E-state index contributed by atoms with van der Waals surface area (Å²) in [4.78, 5) is 0. The highest BCUT2D eigenvalue weighted by atomic mass is 16.3. The molecule has 0 bridgehead atoms. The van der Waals surface area contributed by atoms with Crippen LogP contribution in [-0.2, 0) is 0 Å². The van der Waals surface area contributed by atoms with Crippen LogP contribution >= 0.6 is 0 Å². The molecule has 0 aromatic heterocycles. The van der Waals surface area contributed by atoms with Crippen molar-refractivity contribution in [1.29, 1.82) is 0 Å². The maximum atomic E-state index is 9.90. The van der Waals surface area contributed by atoms with Crippen molar-refractivity contribution >= 4 is 6.08 Å². The van der Waals surface area contributed by atoms with Crippen LogP contribution in [0.2, 0.25) is 0 Å². The van der Waals surface area contributed by atoms with Crippen LogP contribution in [0.5, 0.6) is 0 Å². The van der Waals surface area contributed by atoms with Crippen molar-refractivity contribution in [3.63, 3.8) is 0 Å². The van der Waals surface area contributed by atoms with E-state index in [0.29, 0.717) is 0 Å². The van der Waals surface area contributed by atoms with E-state index >= 15 is 0 Å². The molecule has 0 heterocycles. The molecule has 1 atom stereocenters. The average Bonchev–Trinajstić information content (AvgIpc) is 2.38. The number of rotatable bonds is 3. The number of hydrogen-bond donors (Lipinski definition) is 1. The van der Waals surface area contributed by atoms with E-state index in [1.54, 1.807) is 6.08 Å². The molecule has 0 aliphatic rings. The molecule has 0 saturated carbocycles. The molecule has 0 spiro atoms. The molecule has 1 heteroatoms. The van der Waals surface area contributed by atoms with E-state index < -0.39 is 6.10 Å². The van der Waals surface area contributed by atoms with E-state index in [0.717, 1.165) is 11.1 Å². The molecule has 1 N–H and O–H groups in total. The third kappa shape index (κ3) is 2.81. The van der Waals surface area contributed by atoms with E-state index in [1.165, 1.54) is 0 Å². The predicted molar refractivity (Wildman–Crippen MR) is 66.9 cm³/mol. The Kier molecular flexibility index (Phi) is 3.52. The van der Waals surface area contributed by atoms with Crippen LogP contribution in [-0.4, -0.2) is 5.11 Å². The van der Waals surface area contributed by atoms with Crippen molar-refractivity contribution < 1.29 is 5.11 Å².